The Bertz CT molecular complexity index is 852. The topological polar surface area (TPSA) is 0 Å². The molecule has 1 heteroatoms. The van der Waals surface area contributed by atoms with E-state index >= 15 is 0 Å². The van der Waals surface area contributed by atoms with Crippen LogP contribution >= 0.6 is 10.0 Å². The molecule has 2 aliphatic rings. The predicted octanol–water partition coefficient (Wildman–Crippen LogP) is 6.98. The lowest BCUT2D eigenvalue weighted by Crippen LogP contribution is -2.16. The number of hydrogen-bond donors (Lipinski definition) is 0. The van der Waals surface area contributed by atoms with E-state index in [4.69, 9.17) is 0 Å². The van der Waals surface area contributed by atoms with Gasteiger partial charge in [-0.3, -0.25) is 0 Å². The Hall–Kier alpha value is -1.73. The third-order valence-corrected chi connectivity index (χ3v) is 9.75. The van der Waals surface area contributed by atoms with Crippen molar-refractivity contribution in [1.29, 1.82) is 0 Å². The molecule has 2 atom stereocenters. The molecular formula is C24H28S. The molecule has 0 aliphatic heterocycles. The van der Waals surface area contributed by atoms with E-state index in [0.29, 0.717) is 10.5 Å². The Labute approximate surface area is 154 Å². The average Bonchev–Trinajstić information content (AvgIpc) is 3.06. The molecule has 0 N–H and O–H groups in total. The highest BCUT2D eigenvalue weighted by molar-refractivity contribution is 8.33. The molecule has 130 valence electrons. The summed E-state index contributed by atoms with van der Waals surface area (Å²) < 4.78 is 0. The maximum absolute atomic E-state index is 2.55. The molecule has 0 saturated heterocycles. The second-order valence-corrected chi connectivity index (χ2v) is 12.1. The highest BCUT2D eigenvalue weighted by Gasteiger charge is 2.41. The van der Waals surface area contributed by atoms with Crippen molar-refractivity contribution in [1.82, 2.24) is 0 Å². The summed E-state index contributed by atoms with van der Waals surface area (Å²) in [6, 6.07) is 13.7. The maximum Gasteiger partial charge on any atom is 0.0361 e. The van der Waals surface area contributed by atoms with Gasteiger partial charge in [0.15, 0.2) is 0 Å². The number of fused-ring (bicyclic) bond motifs is 2. The molecule has 0 saturated carbocycles. The van der Waals surface area contributed by atoms with E-state index in [1.54, 1.807) is 22.3 Å². The number of benzene rings is 2. The Kier molecular flexibility index (Phi) is 3.77. The van der Waals surface area contributed by atoms with Crippen molar-refractivity contribution in [2.24, 2.45) is 0 Å². The summed E-state index contributed by atoms with van der Waals surface area (Å²) in [5.41, 5.74) is 11.9. The molecule has 4 rings (SSSR count). The van der Waals surface area contributed by atoms with E-state index in [1.165, 1.54) is 22.3 Å². The average molecular weight is 349 g/mol. The minimum Gasteiger partial charge on any atom is -0.226 e. The van der Waals surface area contributed by atoms with Crippen molar-refractivity contribution < 1.29 is 0 Å². The molecule has 2 aliphatic carbocycles. The first-order chi connectivity index (χ1) is 11.8. The third-order valence-electron chi connectivity index (χ3n) is 6.07. The summed E-state index contributed by atoms with van der Waals surface area (Å²) in [6.07, 6.45) is 9.97. The van der Waals surface area contributed by atoms with Gasteiger partial charge in [0.05, 0.1) is 0 Å². The van der Waals surface area contributed by atoms with Gasteiger partial charge in [0, 0.05) is 10.5 Å². The van der Waals surface area contributed by atoms with Gasteiger partial charge in [0.2, 0.25) is 0 Å². The van der Waals surface area contributed by atoms with E-state index in [9.17, 15) is 0 Å². The fourth-order valence-electron chi connectivity index (χ4n) is 5.10. The van der Waals surface area contributed by atoms with Crippen molar-refractivity contribution in [3.63, 3.8) is 0 Å². The zero-order valence-electron chi connectivity index (χ0n) is 16.2. The monoisotopic (exact) mass is 348 g/mol. The van der Waals surface area contributed by atoms with E-state index < -0.39 is 10.0 Å². The lowest BCUT2D eigenvalue weighted by atomic mass is 10.0. The van der Waals surface area contributed by atoms with Crippen molar-refractivity contribution in [2.75, 3.05) is 12.5 Å². The molecule has 0 fully saturated rings. The lowest BCUT2D eigenvalue weighted by Gasteiger charge is -2.46. The van der Waals surface area contributed by atoms with Gasteiger partial charge >= 0.3 is 0 Å². The number of rotatable bonds is 2. The van der Waals surface area contributed by atoms with Gasteiger partial charge in [-0.25, -0.2) is 10.0 Å². The molecule has 2 aromatic rings. The summed E-state index contributed by atoms with van der Waals surface area (Å²) in [6.45, 7) is 9.16. The summed E-state index contributed by atoms with van der Waals surface area (Å²) in [4.78, 5) is 0. The Morgan fingerprint density at radius 1 is 0.640 bits per heavy atom. The SMILES string of the molecule is CC1=Cc2c(C)cccc2C1S(C)(C)C1C(C)=Cc2c(C)cccc21. The second-order valence-electron chi connectivity index (χ2n) is 8.18. The second kappa shape index (κ2) is 5.64. The van der Waals surface area contributed by atoms with Crippen LogP contribution in [0.4, 0.5) is 0 Å². The van der Waals surface area contributed by atoms with Gasteiger partial charge in [-0.2, -0.15) is 0 Å². The summed E-state index contributed by atoms with van der Waals surface area (Å²) in [5, 5.41) is 1.12. The van der Waals surface area contributed by atoms with Crippen molar-refractivity contribution >= 4 is 22.2 Å². The van der Waals surface area contributed by atoms with Gasteiger partial charge < -0.3 is 0 Å². The third kappa shape index (κ3) is 2.36. The van der Waals surface area contributed by atoms with Crippen LogP contribution in [0.1, 0.15) is 57.7 Å². The van der Waals surface area contributed by atoms with E-state index in [0.717, 1.165) is 0 Å². The summed E-state index contributed by atoms with van der Waals surface area (Å²) in [7, 11) is -0.934. The zero-order chi connectivity index (χ0) is 17.9. The molecule has 0 radical (unpaired) electrons. The molecule has 25 heavy (non-hydrogen) atoms. The predicted molar refractivity (Wildman–Crippen MR) is 115 cm³/mol. The first kappa shape index (κ1) is 16.7. The lowest BCUT2D eigenvalue weighted by molar-refractivity contribution is 1.06. The minimum atomic E-state index is -0.934. The number of hydrogen-bond acceptors (Lipinski definition) is 0. The first-order valence-corrected chi connectivity index (χ1v) is 11.7. The zero-order valence-corrected chi connectivity index (χ0v) is 17.0. The van der Waals surface area contributed by atoms with Crippen LogP contribution in [0, 0.1) is 13.8 Å². The van der Waals surface area contributed by atoms with Crippen LogP contribution in [0.2, 0.25) is 0 Å². The van der Waals surface area contributed by atoms with Gasteiger partial charge in [-0.1, -0.05) is 59.7 Å². The number of aryl methyl sites for hydroxylation is 2. The van der Waals surface area contributed by atoms with Crippen LogP contribution in [-0.4, -0.2) is 12.5 Å². The fraction of sp³-hybridized carbons (Fsp3) is 0.333. The molecule has 2 unspecified atom stereocenters. The smallest absolute Gasteiger partial charge is 0.0361 e. The van der Waals surface area contributed by atoms with Crippen LogP contribution in [-0.2, 0) is 0 Å². The van der Waals surface area contributed by atoms with Crippen LogP contribution in [0.5, 0.6) is 0 Å². The molecule has 0 heterocycles. The van der Waals surface area contributed by atoms with E-state index in [1.807, 2.05) is 0 Å². The van der Waals surface area contributed by atoms with Gasteiger partial charge in [-0.05, 0) is 73.6 Å². The van der Waals surface area contributed by atoms with Crippen molar-refractivity contribution in [2.45, 2.75) is 38.2 Å². The minimum absolute atomic E-state index is 0.558. The Morgan fingerprint density at radius 3 is 1.44 bits per heavy atom. The quantitative estimate of drug-likeness (QED) is 0.549. The highest BCUT2D eigenvalue weighted by atomic mass is 32.3. The molecule has 0 amide bonds. The maximum atomic E-state index is 2.55. The highest BCUT2D eigenvalue weighted by Crippen LogP contribution is 2.72. The fourth-order valence-corrected chi connectivity index (χ4v) is 9.15. The van der Waals surface area contributed by atoms with Crippen molar-refractivity contribution in [3.05, 3.63) is 80.9 Å². The van der Waals surface area contributed by atoms with Gasteiger partial charge in [-0.15, -0.1) is 0 Å². The molecule has 0 spiro atoms. The Morgan fingerprint density at radius 2 is 1.04 bits per heavy atom. The first-order valence-electron chi connectivity index (χ1n) is 9.09. The van der Waals surface area contributed by atoms with Crippen LogP contribution in [0.25, 0.3) is 12.2 Å². The molecule has 0 nitrogen and oxygen atoms in total. The van der Waals surface area contributed by atoms with E-state index in [-0.39, 0.29) is 0 Å². The molecule has 0 aromatic heterocycles. The molecular weight excluding hydrogens is 320 g/mol. The Balaban J connectivity index is 1.86. The van der Waals surface area contributed by atoms with Gasteiger partial charge in [0.25, 0.3) is 0 Å². The molecule has 2 aromatic carbocycles. The summed E-state index contributed by atoms with van der Waals surface area (Å²) >= 11 is 0. The largest absolute Gasteiger partial charge is 0.226 e. The van der Waals surface area contributed by atoms with Crippen molar-refractivity contribution in [3.8, 4) is 0 Å². The van der Waals surface area contributed by atoms with Crippen LogP contribution in [0.15, 0.2) is 47.5 Å². The molecule has 0 bridgehead atoms. The van der Waals surface area contributed by atoms with Crippen LogP contribution < -0.4 is 0 Å². The van der Waals surface area contributed by atoms with Crippen LogP contribution in [0.3, 0.4) is 0 Å². The standard InChI is InChI=1S/C24H28S/c1-15-9-7-11-19-21(15)13-17(3)23(19)25(5,6)24-18(4)14-22-16(2)10-8-12-20(22)24/h7-14,23-24H,1-6H3. The summed E-state index contributed by atoms with van der Waals surface area (Å²) in [5.74, 6) is 0. The van der Waals surface area contributed by atoms with Gasteiger partial charge in [0.1, 0.15) is 0 Å². The normalized spacial score (nSPS) is 22.3. The van der Waals surface area contributed by atoms with E-state index in [2.05, 4.69) is 88.8 Å².